The van der Waals surface area contributed by atoms with Crippen molar-refractivity contribution >= 4 is 27.7 Å². The molecule has 5 heteroatoms. The van der Waals surface area contributed by atoms with Crippen LogP contribution >= 0.6 is 15.9 Å². The number of carbonyl (C=O) groups is 2. The minimum absolute atomic E-state index is 0.0482. The van der Waals surface area contributed by atoms with E-state index in [1.165, 1.54) is 0 Å². The lowest BCUT2D eigenvalue weighted by atomic mass is 9.95. The Morgan fingerprint density at radius 3 is 2.62 bits per heavy atom. The highest BCUT2D eigenvalue weighted by atomic mass is 79.9. The predicted octanol–water partition coefficient (Wildman–Crippen LogP) is 3.39. The van der Waals surface area contributed by atoms with Crippen LogP contribution in [0.1, 0.15) is 38.7 Å². The summed E-state index contributed by atoms with van der Waals surface area (Å²) in [6.45, 7) is 6.41. The third-order valence-electron chi connectivity index (χ3n) is 4.48. The highest BCUT2D eigenvalue weighted by Crippen LogP contribution is 2.19. The molecule has 1 saturated heterocycles. The van der Waals surface area contributed by atoms with Gasteiger partial charge in [0.05, 0.1) is 6.42 Å². The normalized spacial score (nSPS) is 15.6. The topological polar surface area (TPSA) is 49.4 Å². The van der Waals surface area contributed by atoms with Gasteiger partial charge in [0.15, 0.2) is 0 Å². The molecule has 1 aliphatic rings. The number of benzene rings is 1. The standard InChI is InChI=1S/C19H27BrN2O2/c1-14(2)6-9-21-19(24)16-7-10-22(11-8-16)18(23)13-15-4-3-5-17(20)12-15/h3-5,12,14,16H,6-11,13H2,1-2H3,(H,21,24). The number of hydrogen-bond donors (Lipinski definition) is 1. The number of amides is 2. The summed E-state index contributed by atoms with van der Waals surface area (Å²) in [5, 5.41) is 3.03. The second kappa shape index (κ2) is 9.21. The maximum atomic E-state index is 12.4. The molecular formula is C19H27BrN2O2. The van der Waals surface area contributed by atoms with E-state index in [9.17, 15) is 9.59 Å². The number of piperidine rings is 1. The second-order valence-corrected chi connectivity index (χ2v) is 7.85. The number of likely N-dealkylation sites (tertiary alicyclic amines) is 1. The van der Waals surface area contributed by atoms with Gasteiger partial charge in [-0.05, 0) is 42.9 Å². The van der Waals surface area contributed by atoms with Gasteiger partial charge in [0, 0.05) is 30.0 Å². The van der Waals surface area contributed by atoms with Crippen LogP contribution in [0, 0.1) is 11.8 Å². The Hall–Kier alpha value is -1.36. The number of hydrogen-bond acceptors (Lipinski definition) is 2. The van der Waals surface area contributed by atoms with Gasteiger partial charge < -0.3 is 10.2 Å². The lowest BCUT2D eigenvalue weighted by Gasteiger charge is -2.31. The van der Waals surface area contributed by atoms with Gasteiger partial charge in [-0.25, -0.2) is 0 Å². The Bertz CT molecular complexity index is 566. The zero-order valence-electron chi connectivity index (χ0n) is 14.6. The van der Waals surface area contributed by atoms with E-state index in [4.69, 9.17) is 0 Å². The molecule has 1 N–H and O–H groups in total. The third-order valence-corrected chi connectivity index (χ3v) is 4.98. The highest BCUT2D eigenvalue weighted by Gasteiger charge is 2.27. The van der Waals surface area contributed by atoms with Gasteiger partial charge in [0.1, 0.15) is 0 Å². The zero-order chi connectivity index (χ0) is 17.5. The van der Waals surface area contributed by atoms with Crippen molar-refractivity contribution in [3.63, 3.8) is 0 Å². The summed E-state index contributed by atoms with van der Waals surface area (Å²) in [5.41, 5.74) is 1.02. The third kappa shape index (κ3) is 5.93. The van der Waals surface area contributed by atoms with E-state index < -0.39 is 0 Å². The summed E-state index contributed by atoms with van der Waals surface area (Å²) in [6, 6.07) is 7.85. The van der Waals surface area contributed by atoms with E-state index in [-0.39, 0.29) is 17.7 Å². The highest BCUT2D eigenvalue weighted by molar-refractivity contribution is 9.10. The lowest BCUT2D eigenvalue weighted by molar-refractivity contribution is -0.135. The van der Waals surface area contributed by atoms with Gasteiger partial charge in [-0.1, -0.05) is 41.9 Å². The Balaban J connectivity index is 1.75. The Morgan fingerprint density at radius 1 is 1.29 bits per heavy atom. The van der Waals surface area contributed by atoms with Gasteiger partial charge in [0.2, 0.25) is 11.8 Å². The number of rotatable bonds is 6. The fraction of sp³-hybridized carbons (Fsp3) is 0.579. The number of carbonyl (C=O) groups excluding carboxylic acids is 2. The first-order valence-corrected chi connectivity index (χ1v) is 9.55. The first kappa shape index (κ1) is 19.0. The van der Waals surface area contributed by atoms with Gasteiger partial charge in [-0.15, -0.1) is 0 Å². The van der Waals surface area contributed by atoms with Crippen molar-refractivity contribution in [3.05, 3.63) is 34.3 Å². The molecule has 0 atom stereocenters. The number of nitrogens with zero attached hydrogens (tertiary/aromatic N) is 1. The van der Waals surface area contributed by atoms with E-state index in [2.05, 4.69) is 35.1 Å². The first-order chi connectivity index (χ1) is 11.5. The van der Waals surface area contributed by atoms with E-state index >= 15 is 0 Å². The molecule has 1 fully saturated rings. The number of halogens is 1. The van der Waals surface area contributed by atoms with Crippen LogP contribution in [0.5, 0.6) is 0 Å². The average Bonchev–Trinajstić information content (AvgIpc) is 2.54. The van der Waals surface area contributed by atoms with Crippen LogP contribution in [0.2, 0.25) is 0 Å². The molecule has 0 bridgehead atoms. The summed E-state index contributed by atoms with van der Waals surface area (Å²) < 4.78 is 0.990. The van der Waals surface area contributed by atoms with Crippen molar-refractivity contribution in [2.45, 2.75) is 39.5 Å². The average molecular weight is 395 g/mol. The van der Waals surface area contributed by atoms with Crippen LogP contribution in [0.4, 0.5) is 0 Å². The second-order valence-electron chi connectivity index (χ2n) is 6.94. The van der Waals surface area contributed by atoms with Crippen LogP contribution in [0.25, 0.3) is 0 Å². The molecule has 1 aliphatic heterocycles. The summed E-state index contributed by atoms with van der Waals surface area (Å²) >= 11 is 3.43. The molecule has 1 aromatic rings. The Labute approximate surface area is 153 Å². The van der Waals surface area contributed by atoms with Crippen LogP contribution in [0.3, 0.4) is 0 Å². The van der Waals surface area contributed by atoms with Gasteiger partial charge in [-0.2, -0.15) is 0 Å². The van der Waals surface area contributed by atoms with Crippen molar-refractivity contribution in [2.24, 2.45) is 11.8 Å². The fourth-order valence-electron chi connectivity index (χ4n) is 2.95. The van der Waals surface area contributed by atoms with Crippen LogP contribution in [-0.4, -0.2) is 36.3 Å². The minimum Gasteiger partial charge on any atom is -0.356 e. The van der Waals surface area contributed by atoms with Gasteiger partial charge in [-0.3, -0.25) is 9.59 Å². The van der Waals surface area contributed by atoms with Crippen molar-refractivity contribution in [3.8, 4) is 0 Å². The summed E-state index contributed by atoms with van der Waals surface area (Å²) in [4.78, 5) is 26.5. The zero-order valence-corrected chi connectivity index (χ0v) is 16.1. The summed E-state index contributed by atoms with van der Waals surface area (Å²) in [7, 11) is 0. The monoisotopic (exact) mass is 394 g/mol. The first-order valence-electron chi connectivity index (χ1n) is 8.75. The molecule has 1 aromatic carbocycles. The van der Waals surface area contributed by atoms with Crippen molar-refractivity contribution < 1.29 is 9.59 Å². The molecule has 0 aliphatic carbocycles. The largest absolute Gasteiger partial charge is 0.356 e. The fourth-order valence-corrected chi connectivity index (χ4v) is 3.40. The molecule has 2 rings (SSSR count). The molecule has 0 aromatic heterocycles. The molecule has 2 amide bonds. The molecule has 1 heterocycles. The summed E-state index contributed by atoms with van der Waals surface area (Å²) in [6.07, 6.45) is 2.95. The maximum absolute atomic E-state index is 12.4. The number of nitrogens with one attached hydrogen (secondary N) is 1. The molecule has 132 valence electrons. The van der Waals surface area contributed by atoms with E-state index in [0.29, 0.717) is 25.4 Å². The smallest absolute Gasteiger partial charge is 0.226 e. The maximum Gasteiger partial charge on any atom is 0.226 e. The molecule has 24 heavy (non-hydrogen) atoms. The van der Waals surface area contributed by atoms with Crippen LogP contribution in [0.15, 0.2) is 28.7 Å². The Morgan fingerprint density at radius 2 is 2.00 bits per heavy atom. The lowest BCUT2D eigenvalue weighted by Crippen LogP contribution is -2.43. The molecule has 0 unspecified atom stereocenters. The van der Waals surface area contributed by atoms with Gasteiger partial charge >= 0.3 is 0 Å². The van der Waals surface area contributed by atoms with E-state index in [1.807, 2.05) is 29.2 Å². The van der Waals surface area contributed by atoms with Gasteiger partial charge in [0.25, 0.3) is 0 Å². The molecule has 0 spiro atoms. The molecular weight excluding hydrogens is 368 g/mol. The minimum atomic E-state index is 0.0482. The summed E-state index contributed by atoms with van der Waals surface area (Å²) in [5.74, 6) is 0.941. The van der Waals surface area contributed by atoms with Crippen molar-refractivity contribution in [1.29, 1.82) is 0 Å². The molecule has 0 radical (unpaired) electrons. The quantitative estimate of drug-likeness (QED) is 0.803. The van der Waals surface area contributed by atoms with Crippen molar-refractivity contribution in [2.75, 3.05) is 19.6 Å². The predicted molar refractivity (Wildman–Crippen MR) is 99.6 cm³/mol. The van der Waals surface area contributed by atoms with Crippen molar-refractivity contribution in [1.82, 2.24) is 10.2 Å². The van der Waals surface area contributed by atoms with Crippen LogP contribution in [-0.2, 0) is 16.0 Å². The Kier molecular flexibility index (Phi) is 7.28. The molecule has 4 nitrogen and oxygen atoms in total. The molecule has 0 saturated carbocycles. The van der Waals surface area contributed by atoms with E-state index in [0.717, 1.165) is 35.8 Å². The van der Waals surface area contributed by atoms with E-state index in [1.54, 1.807) is 0 Å². The van der Waals surface area contributed by atoms with Crippen LogP contribution < -0.4 is 5.32 Å². The SMILES string of the molecule is CC(C)CCNC(=O)C1CCN(C(=O)Cc2cccc(Br)c2)CC1.